The van der Waals surface area contributed by atoms with Gasteiger partial charge < -0.3 is 0 Å². The van der Waals surface area contributed by atoms with Crippen molar-refractivity contribution in [3.8, 4) is 0 Å². The van der Waals surface area contributed by atoms with Crippen molar-refractivity contribution in [3.63, 3.8) is 0 Å². The summed E-state index contributed by atoms with van der Waals surface area (Å²) in [6.45, 7) is 11.2. The second kappa shape index (κ2) is 7.06. The minimum atomic E-state index is -3.60. The molecule has 0 unspecified atom stereocenters. The van der Waals surface area contributed by atoms with Gasteiger partial charge in [0.2, 0.25) is 0 Å². The van der Waals surface area contributed by atoms with E-state index >= 15 is 0 Å². The summed E-state index contributed by atoms with van der Waals surface area (Å²) >= 11 is 0. The summed E-state index contributed by atoms with van der Waals surface area (Å²) in [6.07, 6.45) is 0.659. The molecule has 0 atom stereocenters. The number of rotatable bonds is 6. The normalized spacial score (nSPS) is 13.4. The van der Waals surface area contributed by atoms with E-state index in [-0.39, 0.29) is 6.61 Å². The molecule has 4 nitrogen and oxygen atoms in total. The Labute approximate surface area is 128 Å². The molecular formula is C16H27O4P. The Morgan fingerprint density at radius 3 is 1.81 bits per heavy atom. The highest BCUT2D eigenvalue weighted by Gasteiger charge is 2.36. The first-order valence-corrected chi connectivity index (χ1v) is 8.65. The van der Waals surface area contributed by atoms with Gasteiger partial charge in [0.15, 0.2) is 0 Å². The van der Waals surface area contributed by atoms with Gasteiger partial charge in [-0.15, -0.1) is 0 Å². The molecule has 0 aromatic heterocycles. The molecule has 0 aliphatic heterocycles. The van der Waals surface area contributed by atoms with Crippen LogP contribution in [-0.2, 0) is 24.6 Å². The lowest BCUT2D eigenvalue weighted by Crippen LogP contribution is -2.25. The van der Waals surface area contributed by atoms with Gasteiger partial charge in [0.05, 0.1) is 17.8 Å². The van der Waals surface area contributed by atoms with Gasteiger partial charge in [-0.1, -0.05) is 30.3 Å². The average Bonchev–Trinajstić information content (AvgIpc) is 2.24. The smallest absolute Gasteiger partial charge is 0.286 e. The van der Waals surface area contributed by atoms with Crippen molar-refractivity contribution < 1.29 is 18.1 Å². The number of benzene rings is 1. The fraction of sp³-hybridized carbons (Fsp3) is 0.625. The molecule has 0 saturated carbocycles. The van der Waals surface area contributed by atoms with E-state index in [9.17, 15) is 4.57 Å². The second-order valence-corrected chi connectivity index (χ2v) is 8.44. The topological polar surface area (TPSA) is 44.8 Å². The Kier molecular flexibility index (Phi) is 6.18. The van der Waals surface area contributed by atoms with Gasteiger partial charge in [0, 0.05) is 0 Å². The first kappa shape index (κ1) is 18.4. The van der Waals surface area contributed by atoms with E-state index in [0.717, 1.165) is 5.56 Å². The summed E-state index contributed by atoms with van der Waals surface area (Å²) in [5.41, 5.74) is -0.0864. The summed E-state index contributed by atoms with van der Waals surface area (Å²) in [6, 6.07) is 9.90. The average molecular weight is 314 g/mol. The number of hydrogen-bond donors (Lipinski definition) is 0. The zero-order chi connectivity index (χ0) is 16.1. The van der Waals surface area contributed by atoms with Gasteiger partial charge in [0.25, 0.3) is 0 Å². The highest BCUT2D eigenvalue weighted by Crippen LogP contribution is 2.55. The Hall–Kier alpha value is -0.670. The third kappa shape index (κ3) is 8.37. The van der Waals surface area contributed by atoms with Crippen LogP contribution in [0.25, 0.3) is 0 Å². The molecule has 5 heteroatoms. The van der Waals surface area contributed by atoms with Crippen LogP contribution in [0, 0.1) is 0 Å². The Morgan fingerprint density at radius 2 is 1.38 bits per heavy atom. The highest BCUT2D eigenvalue weighted by molar-refractivity contribution is 7.48. The van der Waals surface area contributed by atoms with Gasteiger partial charge in [-0.25, -0.2) is 4.57 Å². The van der Waals surface area contributed by atoms with E-state index in [1.54, 1.807) is 0 Å². The molecule has 1 aromatic rings. The van der Waals surface area contributed by atoms with E-state index in [4.69, 9.17) is 13.6 Å². The molecule has 0 spiro atoms. The molecule has 1 rings (SSSR count). The van der Waals surface area contributed by atoms with Crippen molar-refractivity contribution in [1.82, 2.24) is 0 Å². The molecule has 0 fully saturated rings. The van der Waals surface area contributed by atoms with E-state index in [0.29, 0.717) is 6.42 Å². The minimum absolute atomic E-state index is 0.285. The maximum atomic E-state index is 12.8. The third-order valence-electron chi connectivity index (χ3n) is 2.25. The molecule has 21 heavy (non-hydrogen) atoms. The summed E-state index contributed by atoms with van der Waals surface area (Å²) in [5.74, 6) is 0. The molecule has 0 amide bonds. The van der Waals surface area contributed by atoms with Crippen molar-refractivity contribution in [1.29, 1.82) is 0 Å². The molecule has 0 saturated heterocycles. The van der Waals surface area contributed by atoms with Gasteiger partial charge in [-0.3, -0.25) is 13.6 Å². The van der Waals surface area contributed by atoms with Crippen LogP contribution in [0.4, 0.5) is 0 Å². The highest BCUT2D eigenvalue weighted by atomic mass is 31.2. The van der Waals surface area contributed by atoms with Crippen LogP contribution in [0.1, 0.15) is 47.1 Å². The molecule has 0 heterocycles. The van der Waals surface area contributed by atoms with Crippen molar-refractivity contribution in [2.75, 3.05) is 6.61 Å². The van der Waals surface area contributed by atoms with Crippen LogP contribution in [0.5, 0.6) is 0 Å². The predicted molar refractivity (Wildman–Crippen MR) is 85.4 cm³/mol. The first-order chi connectivity index (χ1) is 9.49. The van der Waals surface area contributed by atoms with Crippen LogP contribution < -0.4 is 0 Å². The van der Waals surface area contributed by atoms with Crippen LogP contribution in [0.15, 0.2) is 30.3 Å². The van der Waals surface area contributed by atoms with E-state index in [1.807, 2.05) is 71.9 Å². The maximum absolute atomic E-state index is 12.8. The first-order valence-electron chi connectivity index (χ1n) is 7.19. The molecule has 0 N–H and O–H groups in total. The van der Waals surface area contributed by atoms with Gasteiger partial charge in [-0.2, -0.15) is 0 Å². The van der Waals surface area contributed by atoms with E-state index in [2.05, 4.69) is 0 Å². The molecule has 0 aliphatic rings. The Bertz CT molecular complexity index is 451. The molecule has 120 valence electrons. The molecule has 0 bridgehead atoms. The molecule has 1 aromatic carbocycles. The number of phosphoric acid groups is 1. The van der Waals surface area contributed by atoms with E-state index < -0.39 is 19.0 Å². The maximum Gasteiger partial charge on any atom is 0.475 e. The minimum Gasteiger partial charge on any atom is -0.286 e. The molecular weight excluding hydrogens is 287 g/mol. The second-order valence-electron chi connectivity index (χ2n) is 6.92. The lowest BCUT2D eigenvalue weighted by Gasteiger charge is -2.30. The van der Waals surface area contributed by atoms with Crippen LogP contribution in [0.3, 0.4) is 0 Å². The summed E-state index contributed by atoms with van der Waals surface area (Å²) < 4.78 is 29.4. The van der Waals surface area contributed by atoms with Gasteiger partial charge in [-0.05, 0) is 53.5 Å². The number of hydrogen-bond acceptors (Lipinski definition) is 4. The fourth-order valence-corrected chi connectivity index (χ4v) is 3.46. The monoisotopic (exact) mass is 314 g/mol. The Morgan fingerprint density at radius 1 is 0.905 bits per heavy atom. The van der Waals surface area contributed by atoms with Crippen LogP contribution in [0.2, 0.25) is 0 Å². The fourth-order valence-electron chi connectivity index (χ4n) is 1.66. The van der Waals surface area contributed by atoms with Crippen molar-refractivity contribution in [2.45, 2.75) is 59.2 Å². The summed E-state index contributed by atoms with van der Waals surface area (Å²) in [4.78, 5) is 0. The van der Waals surface area contributed by atoms with Gasteiger partial charge in [0.1, 0.15) is 0 Å². The third-order valence-corrected chi connectivity index (χ3v) is 4.30. The van der Waals surface area contributed by atoms with E-state index in [1.165, 1.54) is 0 Å². The quantitative estimate of drug-likeness (QED) is 0.694. The molecule has 0 radical (unpaired) electrons. The predicted octanol–water partition coefficient (Wildman–Crippen LogP) is 4.98. The van der Waals surface area contributed by atoms with Crippen LogP contribution >= 0.6 is 7.82 Å². The largest absolute Gasteiger partial charge is 0.475 e. The lowest BCUT2D eigenvalue weighted by atomic mass is 10.2. The van der Waals surface area contributed by atoms with Gasteiger partial charge >= 0.3 is 7.82 Å². The summed E-state index contributed by atoms with van der Waals surface area (Å²) in [5, 5.41) is 0. The zero-order valence-electron chi connectivity index (χ0n) is 13.9. The lowest BCUT2D eigenvalue weighted by molar-refractivity contribution is 0.00377. The molecule has 0 aliphatic carbocycles. The SMILES string of the molecule is CC(C)(C)OP(=O)(OCCc1ccccc1)OC(C)(C)C. The standard InChI is InChI=1S/C16H27O4P/c1-15(2,3)19-21(17,20-16(4,5)6)18-13-12-14-10-8-7-9-11-14/h7-11H,12-13H2,1-6H3. The summed E-state index contributed by atoms with van der Waals surface area (Å²) in [7, 11) is -3.60. The van der Waals surface area contributed by atoms with Crippen molar-refractivity contribution in [2.24, 2.45) is 0 Å². The van der Waals surface area contributed by atoms with Crippen molar-refractivity contribution >= 4 is 7.82 Å². The zero-order valence-corrected chi connectivity index (χ0v) is 14.8. The number of phosphoric ester groups is 1. The van der Waals surface area contributed by atoms with Crippen molar-refractivity contribution in [3.05, 3.63) is 35.9 Å². The van der Waals surface area contributed by atoms with Crippen LogP contribution in [-0.4, -0.2) is 17.8 Å². The Balaban J connectivity index is 2.67.